The molecule has 3 rings (SSSR count). The molecular formula is C21H28ClFN6O. The lowest BCUT2D eigenvalue weighted by Gasteiger charge is -2.30. The molecule has 2 aromatic rings. The van der Waals surface area contributed by atoms with Gasteiger partial charge >= 0.3 is 6.03 Å². The summed E-state index contributed by atoms with van der Waals surface area (Å²) in [6.45, 7) is 8.29. The van der Waals surface area contributed by atoms with Gasteiger partial charge in [-0.1, -0.05) is 24.6 Å². The molecule has 1 aliphatic rings. The number of urea groups is 1. The normalized spacial score (nSPS) is 14.4. The fourth-order valence-electron chi connectivity index (χ4n) is 3.31. The smallest absolute Gasteiger partial charge is 0.318 e. The Morgan fingerprint density at radius 1 is 1.37 bits per heavy atom. The number of nitrogens with zero attached hydrogens (tertiary/aromatic N) is 3. The zero-order chi connectivity index (χ0) is 21.7. The van der Waals surface area contributed by atoms with E-state index in [0.29, 0.717) is 32.0 Å². The van der Waals surface area contributed by atoms with Gasteiger partial charge in [-0.25, -0.2) is 19.2 Å². The highest BCUT2D eigenvalue weighted by molar-refractivity contribution is 6.30. The van der Waals surface area contributed by atoms with E-state index in [2.05, 4.69) is 25.9 Å². The van der Waals surface area contributed by atoms with Crippen LogP contribution in [0.4, 0.5) is 15.1 Å². The number of carbonyl (C=O) groups is 1. The predicted octanol–water partition coefficient (Wildman–Crippen LogP) is 3.51. The molecule has 9 heteroatoms. The van der Waals surface area contributed by atoms with E-state index in [0.717, 1.165) is 23.4 Å². The van der Waals surface area contributed by atoms with E-state index in [-0.39, 0.29) is 23.1 Å². The summed E-state index contributed by atoms with van der Waals surface area (Å²) in [5, 5.41) is 9.51. The van der Waals surface area contributed by atoms with Crippen molar-refractivity contribution in [1.29, 1.82) is 0 Å². The fourth-order valence-corrected chi connectivity index (χ4v) is 3.50. The van der Waals surface area contributed by atoms with Crippen molar-refractivity contribution in [3.63, 3.8) is 0 Å². The van der Waals surface area contributed by atoms with Crippen molar-refractivity contribution in [1.82, 2.24) is 25.5 Å². The second-order valence-electron chi connectivity index (χ2n) is 7.62. The van der Waals surface area contributed by atoms with E-state index in [1.807, 2.05) is 27.0 Å². The van der Waals surface area contributed by atoms with Crippen LogP contribution < -0.4 is 16.0 Å². The van der Waals surface area contributed by atoms with Crippen LogP contribution in [0.5, 0.6) is 0 Å². The van der Waals surface area contributed by atoms with Gasteiger partial charge in [-0.05, 0) is 50.1 Å². The average Bonchev–Trinajstić information content (AvgIpc) is 2.72. The predicted molar refractivity (Wildman–Crippen MR) is 116 cm³/mol. The maximum Gasteiger partial charge on any atom is 0.318 e. The molecule has 7 nitrogen and oxygen atoms in total. The first-order valence-corrected chi connectivity index (χ1v) is 10.6. The minimum Gasteiger partial charge on any atom is -0.352 e. The quantitative estimate of drug-likeness (QED) is 0.621. The van der Waals surface area contributed by atoms with Crippen molar-refractivity contribution in [2.24, 2.45) is 0 Å². The molecule has 0 saturated carbocycles. The number of hydrogen-bond acceptors (Lipinski definition) is 5. The third-order valence-corrected chi connectivity index (χ3v) is 5.18. The summed E-state index contributed by atoms with van der Waals surface area (Å²) in [5.41, 5.74) is 2.66. The summed E-state index contributed by atoms with van der Waals surface area (Å²) in [6.07, 6.45) is 2.53. The molecule has 1 aromatic heterocycles. The van der Waals surface area contributed by atoms with Crippen molar-refractivity contribution >= 4 is 23.6 Å². The number of aromatic nitrogens is 2. The van der Waals surface area contributed by atoms with Gasteiger partial charge in [0.2, 0.25) is 5.95 Å². The standard InChI is InChI=1S/C21H28ClFN6O/c1-4-24-11-18(14-5-6-17(23)16(22)9-14)28-21(30)29-8-7-15-10-25-20(26-13(2)3)27-19(15)12-29/h5-6,9-10,13,18,24H,4,7-8,11-12H2,1-3H3,(H,28,30)(H,25,26,27)/t18-/m1/s1. The lowest BCUT2D eigenvalue weighted by atomic mass is 10.1. The van der Waals surface area contributed by atoms with Crippen molar-refractivity contribution in [2.75, 3.05) is 25.0 Å². The molecular weight excluding hydrogens is 407 g/mol. The fraction of sp³-hybridized carbons (Fsp3) is 0.476. The number of benzene rings is 1. The van der Waals surface area contributed by atoms with Crippen molar-refractivity contribution in [3.05, 3.63) is 52.1 Å². The molecule has 1 atom stereocenters. The average molecular weight is 435 g/mol. The minimum absolute atomic E-state index is 0.0389. The molecule has 0 bridgehead atoms. The van der Waals surface area contributed by atoms with Gasteiger partial charge in [0.25, 0.3) is 0 Å². The Bertz CT molecular complexity index is 894. The molecule has 30 heavy (non-hydrogen) atoms. The van der Waals surface area contributed by atoms with E-state index >= 15 is 0 Å². The van der Waals surface area contributed by atoms with E-state index in [4.69, 9.17) is 11.6 Å². The van der Waals surface area contributed by atoms with Crippen molar-refractivity contribution < 1.29 is 9.18 Å². The van der Waals surface area contributed by atoms with E-state index in [1.165, 1.54) is 6.07 Å². The third kappa shape index (κ3) is 5.58. The molecule has 2 heterocycles. The molecule has 0 saturated heterocycles. The van der Waals surface area contributed by atoms with E-state index in [1.54, 1.807) is 17.0 Å². The molecule has 1 aliphatic heterocycles. The number of anilines is 1. The lowest BCUT2D eigenvalue weighted by molar-refractivity contribution is 0.187. The summed E-state index contributed by atoms with van der Waals surface area (Å²) in [5.74, 6) is 0.0871. The van der Waals surface area contributed by atoms with Crippen LogP contribution >= 0.6 is 11.6 Å². The van der Waals surface area contributed by atoms with E-state index in [9.17, 15) is 9.18 Å². The lowest BCUT2D eigenvalue weighted by Crippen LogP contribution is -2.46. The summed E-state index contributed by atoms with van der Waals surface area (Å²) in [7, 11) is 0. The highest BCUT2D eigenvalue weighted by Crippen LogP contribution is 2.22. The number of fused-ring (bicyclic) bond motifs is 1. The Morgan fingerprint density at radius 3 is 2.87 bits per heavy atom. The van der Waals surface area contributed by atoms with E-state index < -0.39 is 5.82 Å². The monoisotopic (exact) mass is 434 g/mol. The summed E-state index contributed by atoms with van der Waals surface area (Å²) < 4.78 is 13.6. The molecule has 0 radical (unpaired) electrons. The van der Waals surface area contributed by atoms with Crippen LogP contribution in [0.25, 0.3) is 0 Å². The van der Waals surface area contributed by atoms with Gasteiger partial charge in [0.15, 0.2) is 0 Å². The Labute approximate surface area is 181 Å². The topological polar surface area (TPSA) is 82.2 Å². The molecule has 0 spiro atoms. The number of carbonyl (C=O) groups excluding carboxylic acids is 1. The van der Waals surface area contributed by atoms with Gasteiger partial charge in [-0.2, -0.15) is 0 Å². The van der Waals surface area contributed by atoms with Crippen LogP contribution in [0.15, 0.2) is 24.4 Å². The van der Waals surface area contributed by atoms with Gasteiger partial charge in [-0.15, -0.1) is 0 Å². The summed E-state index contributed by atoms with van der Waals surface area (Å²) in [6, 6.07) is 4.22. The Morgan fingerprint density at radius 2 is 2.17 bits per heavy atom. The van der Waals surface area contributed by atoms with Crippen LogP contribution in [0.3, 0.4) is 0 Å². The molecule has 162 valence electrons. The van der Waals surface area contributed by atoms with Gasteiger partial charge < -0.3 is 20.9 Å². The Kier molecular flexibility index (Phi) is 7.44. The first-order chi connectivity index (χ1) is 14.4. The molecule has 2 amide bonds. The maximum atomic E-state index is 13.6. The summed E-state index contributed by atoms with van der Waals surface area (Å²) in [4.78, 5) is 23.7. The highest BCUT2D eigenvalue weighted by Gasteiger charge is 2.25. The molecule has 3 N–H and O–H groups in total. The summed E-state index contributed by atoms with van der Waals surface area (Å²) >= 11 is 5.95. The minimum atomic E-state index is -0.480. The van der Waals surface area contributed by atoms with Crippen LogP contribution in [0, 0.1) is 5.82 Å². The zero-order valence-electron chi connectivity index (χ0n) is 17.5. The number of likely N-dealkylation sites (N-methyl/N-ethyl adjacent to an activating group) is 1. The number of nitrogens with one attached hydrogen (secondary N) is 3. The molecule has 0 unspecified atom stereocenters. The molecule has 0 fully saturated rings. The Balaban J connectivity index is 1.72. The van der Waals surface area contributed by atoms with Gasteiger partial charge in [0, 0.05) is 25.3 Å². The second kappa shape index (κ2) is 10.0. The van der Waals surface area contributed by atoms with Gasteiger partial charge in [-0.3, -0.25) is 0 Å². The number of hydrogen-bond donors (Lipinski definition) is 3. The maximum absolute atomic E-state index is 13.6. The second-order valence-corrected chi connectivity index (χ2v) is 8.03. The largest absolute Gasteiger partial charge is 0.352 e. The van der Waals surface area contributed by atoms with Crippen LogP contribution in [-0.4, -0.2) is 46.6 Å². The number of halogens is 2. The first kappa shape index (κ1) is 22.2. The number of amides is 2. The van der Waals surface area contributed by atoms with Crippen molar-refractivity contribution in [3.8, 4) is 0 Å². The van der Waals surface area contributed by atoms with Crippen LogP contribution in [0.2, 0.25) is 5.02 Å². The molecule has 1 aromatic carbocycles. The van der Waals surface area contributed by atoms with Gasteiger partial charge in [0.1, 0.15) is 5.82 Å². The van der Waals surface area contributed by atoms with Crippen LogP contribution in [0.1, 0.15) is 43.6 Å². The highest BCUT2D eigenvalue weighted by atomic mass is 35.5. The van der Waals surface area contributed by atoms with Gasteiger partial charge in [0.05, 0.1) is 23.3 Å². The van der Waals surface area contributed by atoms with Crippen LogP contribution in [-0.2, 0) is 13.0 Å². The Hall–Kier alpha value is -2.45. The molecule has 0 aliphatic carbocycles. The third-order valence-electron chi connectivity index (χ3n) is 4.89. The number of rotatable bonds is 7. The zero-order valence-corrected chi connectivity index (χ0v) is 18.3. The van der Waals surface area contributed by atoms with Crippen molar-refractivity contribution in [2.45, 2.75) is 45.8 Å². The first-order valence-electron chi connectivity index (χ1n) is 10.2. The SMILES string of the molecule is CCNC[C@@H](NC(=O)N1CCc2cnc(NC(C)C)nc2C1)c1ccc(F)c(Cl)c1.